The fraction of sp³-hybridized carbons (Fsp3) is 0.600. The third-order valence-electron chi connectivity index (χ3n) is 4.87. The largest absolute Gasteiger partial charge is 0.406 e. The molecule has 0 spiro atoms. The van der Waals surface area contributed by atoms with Crippen LogP contribution in [0.15, 0.2) is 51.6 Å². The van der Waals surface area contributed by atoms with Gasteiger partial charge >= 0.3 is 5.97 Å². The van der Waals surface area contributed by atoms with E-state index in [0.29, 0.717) is 5.90 Å². The number of aliphatic imine (C=N–C) groups is 1. The van der Waals surface area contributed by atoms with Gasteiger partial charge in [-0.1, -0.05) is 54.4 Å². The van der Waals surface area contributed by atoms with Crippen LogP contribution in [0.4, 0.5) is 0 Å². The molecule has 0 fully saturated rings. The van der Waals surface area contributed by atoms with Crippen LogP contribution in [-0.2, 0) is 9.53 Å². The van der Waals surface area contributed by atoms with Gasteiger partial charge in [-0.25, -0.2) is 9.79 Å². The van der Waals surface area contributed by atoms with Crippen molar-refractivity contribution in [2.24, 2.45) is 10.9 Å². The Morgan fingerprint density at radius 2 is 1.39 bits per heavy atom. The van der Waals surface area contributed by atoms with E-state index in [0.717, 1.165) is 38.5 Å². The number of allylic oxidation sites excluding steroid dienone is 7. The second kappa shape index (κ2) is 12.5. The molecule has 0 aromatic rings. The number of hydrogen-bond acceptors (Lipinski definition) is 3. The molecule has 0 aliphatic carbocycles. The van der Waals surface area contributed by atoms with Gasteiger partial charge in [0.2, 0.25) is 5.90 Å². The molecule has 3 nitrogen and oxygen atoms in total. The van der Waals surface area contributed by atoms with Crippen molar-refractivity contribution in [1.29, 1.82) is 0 Å². The summed E-state index contributed by atoms with van der Waals surface area (Å²) < 4.78 is 5.26. The normalized spacial score (nSPS) is 18.4. The SMILES string of the molecule is CC(C)=CCCC(C)=CCCC(C)=CCCC(C)=CC1=N[C@@H](C(C)C)C(=O)O1. The summed E-state index contributed by atoms with van der Waals surface area (Å²) in [5.74, 6) is 0.416. The number of carbonyl (C=O) groups excluding carboxylic acids is 1. The van der Waals surface area contributed by atoms with E-state index in [9.17, 15) is 4.79 Å². The first-order valence-electron chi connectivity index (χ1n) is 10.6. The fourth-order valence-electron chi connectivity index (χ4n) is 3.04. The average molecular weight is 386 g/mol. The first-order chi connectivity index (χ1) is 13.2. The third kappa shape index (κ3) is 9.87. The van der Waals surface area contributed by atoms with Crippen molar-refractivity contribution in [3.8, 4) is 0 Å². The molecule has 1 aliphatic heterocycles. The van der Waals surface area contributed by atoms with E-state index in [2.05, 4.69) is 57.8 Å². The molecular formula is C25H39NO2. The Hall–Kier alpha value is -1.90. The van der Waals surface area contributed by atoms with Crippen molar-refractivity contribution in [1.82, 2.24) is 0 Å². The van der Waals surface area contributed by atoms with Crippen LogP contribution in [-0.4, -0.2) is 17.9 Å². The number of carbonyl (C=O) groups is 1. The zero-order chi connectivity index (χ0) is 21.1. The Balaban J connectivity index is 2.36. The van der Waals surface area contributed by atoms with Crippen LogP contribution in [0.1, 0.15) is 87.0 Å². The molecular weight excluding hydrogens is 346 g/mol. The molecule has 0 aromatic heterocycles. The molecule has 156 valence electrons. The Morgan fingerprint density at radius 1 is 0.893 bits per heavy atom. The highest BCUT2D eigenvalue weighted by Gasteiger charge is 2.30. The summed E-state index contributed by atoms with van der Waals surface area (Å²) in [4.78, 5) is 16.1. The number of cyclic esters (lactones) is 1. The van der Waals surface area contributed by atoms with Gasteiger partial charge in [-0.2, -0.15) is 0 Å². The van der Waals surface area contributed by atoms with Crippen molar-refractivity contribution >= 4 is 11.9 Å². The van der Waals surface area contributed by atoms with Gasteiger partial charge in [0, 0.05) is 0 Å². The summed E-state index contributed by atoms with van der Waals surface area (Å²) in [6.45, 7) is 14.8. The minimum absolute atomic E-state index is 0.175. The van der Waals surface area contributed by atoms with E-state index in [1.807, 2.05) is 19.9 Å². The zero-order valence-electron chi connectivity index (χ0n) is 19.0. The van der Waals surface area contributed by atoms with Gasteiger partial charge in [0.25, 0.3) is 0 Å². The van der Waals surface area contributed by atoms with E-state index in [-0.39, 0.29) is 17.9 Å². The summed E-state index contributed by atoms with van der Waals surface area (Å²) in [6.07, 6.45) is 15.4. The molecule has 1 atom stereocenters. The summed E-state index contributed by atoms with van der Waals surface area (Å²) in [5, 5.41) is 0. The maximum atomic E-state index is 11.8. The van der Waals surface area contributed by atoms with Crippen molar-refractivity contribution < 1.29 is 9.53 Å². The van der Waals surface area contributed by atoms with Crippen LogP contribution >= 0.6 is 0 Å². The monoisotopic (exact) mass is 385 g/mol. The second-order valence-corrected chi connectivity index (χ2v) is 8.57. The zero-order valence-corrected chi connectivity index (χ0v) is 19.0. The van der Waals surface area contributed by atoms with Crippen molar-refractivity contribution in [2.75, 3.05) is 0 Å². The predicted octanol–water partition coefficient (Wildman–Crippen LogP) is 7.11. The van der Waals surface area contributed by atoms with Crippen LogP contribution in [0.5, 0.6) is 0 Å². The minimum Gasteiger partial charge on any atom is -0.406 e. The van der Waals surface area contributed by atoms with Gasteiger partial charge in [0.15, 0.2) is 6.04 Å². The van der Waals surface area contributed by atoms with Crippen LogP contribution in [0.25, 0.3) is 0 Å². The first-order valence-corrected chi connectivity index (χ1v) is 10.6. The van der Waals surface area contributed by atoms with E-state index in [1.165, 1.54) is 22.3 Å². The van der Waals surface area contributed by atoms with Crippen molar-refractivity contribution in [2.45, 2.75) is 93.0 Å². The fourth-order valence-corrected chi connectivity index (χ4v) is 3.04. The van der Waals surface area contributed by atoms with Crippen LogP contribution < -0.4 is 0 Å². The number of rotatable bonds is 11. The van der Waals surface area contributed by atoms with Gasteiger partial charge in [0.1, 0.15) is 0 Å². The summed E-state index contributed by atoms with van der Waals surface area (Å²) in [5.41, 5.74) is 5.50. The van der Waals surface area contributed by atoms with Gasteiger partial charge < -0.3 is 4.74 Å². The molecule has 1 rings (SSSR count). The molecule has 0 radical (unpaired) electrons. The minimum atomic E-state index is -0.347. The lowest BCUT2D eigenvalue weighted by Gasteiger charge is -2.04. The Morgan fingerprint density at radius 3 is 1.86 bits per heavy atom. The number of ether oxygens (including phenoxy) is 1. The van der Waals surface area contributed by atoms with Gasteiger partial charge in [0.05, 0.1) is 0 Å². The highest BCUT2D eigenvalue weighted by molar-refractivity contribution is 6.03. The molecule has 0 saturated heterocycles. The maximum Gasteiger partial charge on any atom is 0.337 e. The Labute approximate surface area is 172 Å². The Kier molecular flexibility index (Phi) is 10.8. The van der Waals surface area contributed by atoms with E-state index >= 15 is 0 Å². The number of hydrogen-bond donors (Lipinski definition) is 0. The molecule has 0 saturated carbocycles. The summed E-state index contributed by atoms with van der Waals surface area (Å²) in [7, 11) is 0. The maximum absolute atomic E-state index is 11.8. The van der Waals surface area contributed by atoms with E-state index in [4.69, 9.17) is 4.74 Å². The third-order valence-corrected chi connectivity index (χ3v) is 4.87. The summed E-state index contributed by atoms with van der Waals surface area (Å²) >= 11 is 0. The molecule has 0 bridgehead atoms. The predicted molar refractivity (Wildman–Crippen MR) is 121 cm³/mol. The highest BCUT2D eigenvalue weighted by atomic mass is 16.6. The van der Waals surface area contributed by atoms with Crippen LogP contribution in [0, 0.1) is 5.92 Å². The molecule has 1 heterocycles. The second-order valence-electron chi connectivity index (χ2n) is 8.57. The lowest BCUT2D eigenvalue weighted by molar-refractivity contribution is -0.135. The lowest BCUT2D eigenvalue weighted by Crippen LogP contribution is -2.20. The standard InChI is InChI=1S/C25H39NO2/c1-18(2)11-8-12-20(5)13-9-14-21(6)15-10-16-22(7)17-23-26-24(19(3)4)25(27)28-23/h11,13,15,17,19,24H,8-10,12,14,16H2,1-7H3/t24-/m0/s1. The lowest BCUT2D eigenvalue weighted by atomic mass is 10.0. The highest BCUT2D eigenvalue weighted by Crippen LogP contribution is 2.18. The Bertz CT molecular complexity index is 671. The van der Waals surface area contributed by atoms with Gasteiger partial charge in [-0.3, -0.25) is 0 Å². The number of esters is 1. The van der Waals surface area contributed by atoms with E-state index < -0.39 is 0 Å². The quantitative estimate of drug-likeness (QED) is 0.281. The first kappa shape index (κ1) is 24.1. The molecule has 0 N–H and O–H groups in total. The topological polar surface area (TPSA) is 38.7 Å². The summed E-state index contributed by atoms with van der Waals surface area (Å²) in [6, 6.07) is -0.347. The number of nitrogens with zero attached hydrogens (tertiary/aromatic N) is 1. The molecule has 28 heavy (non-hydrogen) atoms. The average Bonchev–Trinajstić information content (AvgIpc) is 2.95. The molecule has 3 heteroatoms. The molecule has 0 aromatic carbocycles. The van der Waals surface area contributed by atoms with Crippen molar-refractivity contribution in [3.05, 3.63) is 46.6 Å². The molecule has 0 amide bonds. The van der Waals surface area contributed by atoms with Gasteiger partial charge in [-0.05, 0) is 85.1 Å². The van der Waals surface area contributed by atoms with Crippen LogP contribution in [0.3, 0.4) is 0 Å². The van der Waals surface area contributed by atoms with Crippen LogP contribution in [0.2, 0.25) is 0 Å². The van der Waals surface area contributed by atoms with Gasteiger partial charge in [-0.15, -0.1) is 0 Å². The van der Waals surface area contributed by atoms with E-state index in [1.54, 1.807) is 0 Å². The van der Waals surface area contributed by atoms with Crippen molar-refractivity contribution in [3.63, 3.8) is 0 Å². The smallest absolute Gasteiger partial charge is 0.337 e. The molecule has 0 unspecified atom stereocenters. The molecule has 1 aliphatic rings.